The van der Waals surface area contributed by atoms with E-state index in [4.69, 9.17) is 27.2 Å². The van der Waals surface area contributed by atoms with Gasteiger partial charge in [0.15, 0.2) is 11.5 Å². The molecule has 0 fully saturated rings. The van der Waals surface area contributed by atoms with E-state index in [-0.39, 0.29) is 24.8 Å². The zero-order valence-electron chi connectivity index (χ0n) is 8.81. The van der Waals surface area contributed by atoms with Crippen LogP contribution in [0.2, 0.25) is 5.02 Å². The van der Waals surface area contributed by atoms with Crippen LogP contribution in [0.1, 0.15) is 5.56 Å². The van der Waals surface area contributed by atoms with Gasteiger partial charge in [0.05, 0.1) is 13.7 Å². The number of methoxy groups -OCH3 is 1. The minimum absolute atomic E-state index is 0. The van der Waals surface area contributed by atoms with E-state index in [0.29, 0.717) is 22.8 Å². The number of aromatic hydroxyl groups is 1. The molecule has 92 valence electrons. The van der Waals surface area contributed by atoms with Crippen LogP contribution in [0, 0.1) is 0 Å². The summed E-state index contributed by atoms with van der Waals surface area (Å²) in [5.74, 6) is 0.327. The van der Waals surface area contributed by atoms with Crippen LogP contribution in [0.5, 0.6) is 11.5 Å². The topological polar surface area (TPSA) is 75.7 Å². The normalized spacial score (nSPS) is 11.8. The fourth-order valence-electron chi connectivity index (χ4n) is 1.29. The third kappa shape index (κ3) is 3.72. The van der Waals surface area contributed by atoms with Gasteiger partial charge in [-0.25, -0.2) is 0 Å². The maximum Gasteiger partial charge on any atom is 0.162 e. The van der Waals surface area contributed by atoms with Gasteiger partial charge in [-0.3, -0.25) is 0 Å². The molecule has 0 aliphatic carbocycles. The highest BCUT2D eigenvalue weighted by Gasteiger charge is 2.12. The number of ether oxygens (including phenoxy) is 1. The molecule has 0 aliphatic heterocycles. The van der Waals surface area contributed by atoms with E-state index < -0.39 is 6.04 Å². The van der Waals surface area contributed by atoms with Crippen molar-refractivity contribution < 1.29 is 14.9 Å². The molecule has 1 aromatic rings. The Kier molecular flexibility index (Phi) is 6.52. The highest BCUT2D eigenvalue weighted by molar-refractivity contribution is 6.30. The van der Waals surface area contributed by atoms with Crippen molar-refractivity contribution in [2.45, 2.75) is 12.5 Å². The molecule has 1 aromatic carbocycles. The first-order valence-corrected chi connectivity index (χ1v) is 4.88. The van der Waals surface area contributed by atoms with Gasteiger partial charge in [-0.15, -0.1) is 12.4 Å². The Labute approximate surface area is 105 Å². The molecular weight excluding hydrogens is 253 g/mol. The second-order valence-electron chi connectivity index (χ2n) is 3.26. The van der Waals surface area contributed by atoms with Gasteiger partial charge in [0.2, 0.25) is 0 Å². The van der Waals surface area contributed by atoms with Gasteiger partial charge in [-0.2, -0.15) is 0 Å². The monoisotopic (exact) mass is 267 g/mol. The molecule has 0 amide bonds. The molecule has 0 heterocycles. The fourth-order valence-corrected chi connectivity index (χ4v) is 1.52. The molecule has 0 spiro atoms. The van der Waals surface area contributed by atoms with Crippen molar-refractivity contribution in [3.05, 3.63) is 22.7 Å². The van der Waals surface area contributed by atoms with Crippen LogP contribution in [-0.2, 0) is 6.42 Å². The van der Waals surface area contributed by atoms with E-state index in [1.54, 1.807) is 6.07 Å². The van der Waals surface area contributed by atoms with Gasteiger partial charge in [0.1, 0.15) is 0 Å². The first-order chi connectivity index (χ1) is 7.08. The summed E-state index contributed by atoms with van der Waals surface area (Å²) in [5, 5.41) is 19.0. The molecule has 0 saturated carbocycles. The van der Waals surface area contributed by atoms with E-state index in [0.717, 1.165) is 0 Å². The molecule has 0 bridgehead atoms. The molecule has 0 radical (unpaired) electrons. The van der Waals surface area contributed by atoms with E-state index in [2.05, 4.69) is 0 Å². The first-order valence-electron chi connectivity index (χ1n) is 4.50. The lowest BCUT2D eigenvalue weighted by Crippen LogP contribution is -2.26. The van der Waals surface area contributed by atoms with E-state index in [9.17, 15) is 5.11 Å². The number of aliphatic hydroxyl groups excluding tert-OH is 1. The van der Waals surface area contributed by atoms with Crippen LogP contribution < -0.4 is 10.5 Å². The zero-order chi connectivity index (χ0) is 11.4. The van der Waals surface area contributed by atoms with E-state index in [1.165, 1.54) is 13.2 Å². The molecule has 4 nitrogen and oxygen atoms in total. The molecule has 1 rings (SSSR count). The van der Waals surface area contributed by atoms with Crippen molar-refractivity contribution in [3.8, 4) is 11.5 Å². The number of halogens is 2. The Morgan fingerprint density at radius 1 is 1.50 bits per heavy atom. The fraction of sp³-hybridized carbons (Fsp3) is 0.400. The lowest BCUT2D eigenvalue weighted by Gasteiger charge is -2.12. The minimum atomic E-state index is -0.418. The molecule has 0 aliphatic rings. The lowest BCUT2D eigenvalue weighted by molar-refractivity contribution is 0.264. The average Bonchev–Trinajstić information content (AvgIpc) is 2.22. The van der Waals surface area contributed by atoms with E-state index >= 15 is 0 Å². The second-order valence-corrected chi connectivity index (χ2v) is 3.70. The van der Waals surface area contributed by atoms with Crippen LogP contribution >= 0.6 is 24.0 Å². The van der Waals surface area contributed by atoms with Crippen LogP contribution in [0.25, 0.3) is 0 Å². The van der Waals surface area contributed by atoms with Gasteiger partial charge in [-0.1, -0.05) is 11.6 Å². The predicted molar refractivity (Wildman–Crippen MR) is 65.7 cm³/mol. The summed E-state index contributed by atoms with van der Waals surface area (Å²) in [4.78, 5) is 0. The number of hydrogen-bond acceptors (Lipinski definition) is 4. The Bertz CT molecular complexity index is 347. The van der Waals surface area contributed by atoms with Crippen molar-refractivity contribution in [2.24, 2.45) is 5.73 Å². The van der Waals surface area contributed by atoms with Crippen molar-refractivity contribution >= 4 is 24.0 Å². The Balaban J connectivity index is 0.00000225. The van der Waals surface area contributed by atoms with Crippen LogP contribution in [0.4, 0.5) is 0 Å². The summed E-state index contributed by atoms with van der Waals surface area (Å²) in [6.07, 6.45) is 0.346. The van der Waals surface area contributed by atoms with Crippen molar-refractivity contribution in [2.75, 3.05) is 13.7 Å². The van der Waals surface area contributed by atoms with E-state index in [1.807, 2.05) is 0 Å². The second kappa shape index (κ2) is 6.81. The number of aliphatic hydroxyl groups is 1. The third-order valence-electron chi connectivity index (χ3n) is 2.06. The summed E-state index contributed by atoms with van der Waals surface area (Å²) in [6, 6.07) is 2.71. The number of hydrogen-bond donors (Lipinski definition) is 3. The number of benzene rings is 1. The molecule has 6 heteroatoms. The standard InChI is InChI=1S/C10H14ClNO3.ClH/c1-15-9-4-7(11)2-6(10(9)14)3-8(12)5-13;/h2,4,8,13-14H,3,5,12H2,1H3;1H. The third-order valence-corrected chi connectivity index (χ3v) is 2.27. The summed E-state index contributed by atoms with van der Waals surface area (Å²) in [5.41, 5.74) is 6.14. The molecule has 4 N–H and O–H groups in total. The number of phenolic OH excluding ortho intramolecular Hbond substituents is 1. The Morgan fingerprint density at radius 3 is 2.62 bits per heavy atom. The zero-order valence-corrected chi connectivity index (χ0v) is 10.4. The average molecular weight is 268 g/mol. The van der Waals surface area contributed by atoms with Crippen LogP contribution in [0.15, 0.2) is 12.1 Å². The summed E-state index contributed by atoms with van der Waals surface area (Å²) >= 11 is 5.83. The summed E-state index contributed by atoms with van der Waals surface area (Å²) in [7, 11) is 1.45. The molecule has 0 saturated heterocycles. The van der Waals surface area contributed by atoms with Crippen molar-refractivity contribution in [3.63, 3.8) is 0 Å². The smallest absolute Gasteiger partial charge is 0.162 e. The lowest BCUT2D eigenvalue weighted by atomic mass is 10.1. The number of nitrogens with two attached hydrogens (primary N) is 1. The number of phenols is 1. The van der Waals surface area contributed by atoms with Gasteiger partial charge in [0, 0.05) is 22.7 Å². The van der Waals surface area contributed by atoms with Gasteiger partial charge < -0.3 is 20.7 Å². The largest absolute Gasteiger partial charge is 0.504 e. The van der Waals surface area contributed by atoms with Crippen LogP contribution in [0.3, 0.4) is 0 Å². The molecular formula is C10H15Cl2NO3. The predicted octanol–water partition coefficient (Wildman–Crippen LogP) is 1.34. The van der Waals surface area contributed by atoms with Gasteiger partial charge in [-0.05, 0) is 12.5 Å². The Morgan fingerprint density at radius 2 is 2.12 bits per heavy atom. The van der Waals surface area contributed by atoms with Gasteiger partial charge in [0.25, 0.3) is 0 Å². The summed E-state index contributed by atoms with van der Waals surface area (Å²) < 4.78 is 4.94. The molecule has 0 aromatic heterocycles. The maximum atomic E-state index is 9.74. The van der Waals surface area contributed by atoms with Crippen LogP contribution in [-0.4, -0.2) is 30.0 Å². The van der Waals surface area contributed by atoms with Crippen molar-refractivity contribution in [1.82, 2.24) is 0 Å². The van der Waals surface area contributed by atoms with Gasteiger partial charge >= 0.3 is 0 Å². The highest BCUT2D eigenvalue weighted by atomic mass is 35.5. The first kappa shape index (κ1) is 15.3. The highest BCUT2D eigenvalue weighted by Crippen LogP contribution is 2.33. The minimum Gasteiger partial charge on any atom is -0.504 e. The molecule has 16 heavy (non-hydrogen) atoms. The molecule has 1 atom stereocenters. The number of rotatable bonds is 4. The summed E-state index contributed by atoms with van der Waals surface area (Å²) in [6.45, 7) is -0.145. The quantitative estimate of drug-likeness (QED) is 0.770. The van der Waals surface area contributed by atoms with Crippen molar-refractivity contribution in [1.29, 1.82) is 0 Å². The molecule has 1 unspecified atom stereocenters. The maximum absolute atomic E-state index is 9.74. The SMILES string of the molecule is COc1cc(Cl)cc(CC(N)CO)c1O.Cl. The Hall–Kier alpha value is -0.680.